The Bertz CT molecular complexity index is 1690. The maximum atomic E-state index is 6.55. The van der Waals surface area contributed by atoms with Crippen LogP contribution in [-0.4, -0.2) is 16.8 Å². The molecule has 0 fully saturated rings. The van der Waals surface area contributed by atoms with Crippen LogP contribution >= 0.6 is 0 Å². The van der Waals surface area contributed by atoms with Gasteiger partial charge in [-0.2, -0.15) is 0 Å². The van der Waals surface area contributed by atoms with Crippen molar-refractivity contribution >= 4 is 23.2 Å². The van der Waals surface area contributed by atoms with Gasteiger partial charge in [-0.3, -0.25) is 0 Å². The van der Waals surface area contributed by atoms with Crippen molar-refractivity contribution in [3.05, 3.63) is 149 Å². The third-order valence-electron chi connectivity index (χ3n) is 8.21. The van der Waals surface area contributed by atoms with E-state index in [0.717, 1.165) is 33.6 Å². The predicted molar refractivity (Wildman–Crippen MR) is 200 cm³/mol. The lowest BCUT2D eigenvalue weighted by molar-refractivity contribution is 0.545. The minimum Gasteiger partial charge on any atom is -0.437 e. The van der Waals surface area contributed by atoms with Crippen molar-refractivity contribution in [3.8, 4) is 11.5 Å². The van der Waals surface area contributed by atoms with Gasteiger partial charge in [0.2, 0.25) is 11.8 Å². The summed E-state index contributed by atoms with van der Waals surface area (Å²) >= 11 is 0. The van der Waals surface area contributed by atoms with E-state index in [2.05, 4.69) is 91.8 Å². The number of para-hydroxylation sites is 4. The monoisotopic (exact) mass is 637 g/mol. The van der Waals surface area contributed by atoms with Gasteiger partial charge in [-0.1, -0.05) is 134 Å². The van der Waals surface area contributed by atoms with Crippen molar-refractivity contribution in [1.82, 2.24) is 4.98 Å². The molecule has 1 aromatic heterocycles. The van der Waals surface area contributed by atoms with Crippen LogP contribution in [0.4, 0.5) is 11.4 Å². The second-order valence-corrected chi connectivity index (χ2v) is 13.3. The highest BCUT2D eigenvalue weighted by atomic mass is 16.5. The zero-order valence-corrected chi connectivity index (χ0v) is 29.4. The van der Waals surface area contributed by atoms with Crippen LogP contribution in [0.15, 0.2) is 125 Å². The molecule has 0 aliphatic rings. The van der Waals surface area contributed by atoms with Crippen LogP contribution in [-0.2, 0) is 0 Å². The van der Waals surface area contributed by atoms with Gasteiger partial charge in [0.15, 0.2) is 0 Å². The lowest BCUT2D eigenvalue weighted by Crippen LogP contribution is -2.18. The van der Waals surface area contributed by atoms with Gasteiger partial charge in [0, 0.05) is 0 Å². The van der Waals surface area contributed by atoms with Crippen molar-refractivity contribution in [1.29, 1.82) is 0 Å². The number of hydrogen-bond donors (Lipinski definition) is 0. The van der Waals surface area contributed by atoms with E-state index in [1.807, 2.05) is 78.9 Å². The molecule has 5 rings (SSSR count). The van der Waals surface area contributed by atoms with Gasteiger partial charge in [0.05, 0.1) is 11.4 Å². The Morgan fingerprint density at radius 2 is 0.729 bits per heavy atom. The normalized spacial score (nSPS) is 12.3. The molecule has 4 aromatic carbocycles. The number of pyridine rings is 1. The molecule has 246 valence electrons. The molecule has 0 atom stereocenters. The summed E-state index contributed by atoms with van der Waals surface area (Å²) in [5, 5.41) is 0. The summed E-state index contributed by atoms with van der Waals surface area (Å²) in [6.07, 6.45) is 0. The van der Waals surface area contributed by atoms with Gasteiger partial charge in [-0.05, 0) is 82.3 Å². The number of nitrogens with zero attached hydrogens (tertiary/aromatic N) is 3. The summed E-state index contributed by atoms with van der Waals surface area (Å²) in [5.74, 6) is 3.26. The highest BCUT2D eigenvalue weighted by molar-refractivity contribution is 6.00. The lowest BCUT2D eigenvalue weighted by atomic mass is 9.93. The average Bonchev–Trinajstić information content (AvgIpc) is 3.08. The molecular weight excluding hydrogens is 590 g/mol. The number of aromatic nitrogens is 1. The highest BCUT2D eigenvalue weighted by Gasteiger charge is 2.20. The molecule has 5 aromatic rings. The molecular formula is C43H47N3O2. The van der Waals surface area contributed by atoms with Crippen molar-refractivity contribution < 1.29 is 9.47 Å². The Morgan fingerprint density at radius 3 is 1.04 bits per heavy atom. The van der Waals surface area contributed by atoms with Crippen LogP contribution in [0.3, 0.4) is 0 Å². The van der Waals surface area contributed by atoms with Gasteiger partial charge >= 0.3 is 0 Å². The van der Waals surface area contributed by atoms with E-state index in [4.69, 9.17) is 24.4 Å². The van der Waals surface area contributed by atoms with Crippen LogP contribution in [0, 0.1) is 0 Å². The third kappa shape index (κ3) is 8.27. The maximum absolute atomic E-state index is 6.55. The summed E-state index contributed by atoms with van der Waals surface area (Å²) in [4.78, 5) is 15.7. The number of aliphatic imine (C=N–C) groups is 2. The molecule has 0 saturated carbocycles. The first-order chi connectivity index (χ1) is 23.1. The third-order valence-corrected chi connectivity index (χ3v) is 8.21. The van der Waals surface area contributed by atoms with Gasteiger partial charge in [0.25, 0.3) is 0 Å². The fourth-order valence-electron chi connectivity index (χ4n) is 5.62. The predicted octanol–water partition coefficient (Wildman–Crippen LogP) is 11.9. The van der Waals surface area contributed by atoms with E-state index in [-0.39, 0.29) is 23.7 Å². The topological polar surface area (TPSA) is 56.1 Å². The summed E-state index contributed by atoms with van der Waals surface area (Å²) in [5.41, 5.74) is 7.64. The van der Waals surface area contributed by atoms with Crippen LogP contribution < -0.4 is 9.47 Å². The Labute approximate surface area is 286 Å². The minimum absolute atomic E-state index is 0.272. The van der Waals surface area contributed by atoms with Crippen LogP contribution in [0.2, 0.25) is 0 Å². The molecule has 0 aliphatic carbocycles. The molecule has 0 bridgehead atoms. The summed E-state index contributed by atoms with van der Waals surface area (Å²) in [7, 11) is 0. The Kier molecular flexibility index (Phi) is 11.2. The molecule has 0 spiro atoms. The van der Waals surface area contributed by atoms with Crippen LogP contribution in [0.25, 0.3) is 0 Å². The Morgan fingerprint density at radius 1 is 0.417 bits per heavy atom. The molecule has 0 radical (unpaired) electrons. The number of ether oxygens (including phenoxy) is 2. The first kappa shape index (κ1) is 34.3. The van der Waals surface area contributed by atoms with E-state index < -0.39 is 0 Å². The zero-order valence-electron chi connectivity index (χ0n) is 29.4. The largest absolute Gasteiger partial charge is 0.437 e. The molecule has 1 heterocycles. The van der Waals surface area contributed by atoms with E-state index in [0.29, 0.717) is 34.7 Å². The van der Waals surface area contributed by atoms with Crippen molar-refractivity contribution in [3.63, 3.8) is 0 Å². The zero-order chi connectivity index (χ0) is 34.2. The van der Waals surface area contributed by atoms with Crippen molar-refractivity contribution in [2.24, 2.45) is 9.98 Å². The summed E-state index contributed by atoms with van der Waals surface area (Å²) in [6, 6.07) is 38.1. The van der Waals surface area contributed by atoms with Gasteiger partial charge < -0.3 is 9.47 Å². The smallest absolute Gasteiger partial charge is 0.246 e. The minimum atomic E-state index is 0.272. The first-order valence-electron chi connectivity index (χ1n) is 17.0. The van der Waals surface area contributed by atoms with E-state index >= 15 is 0 Å². The summed E-state index contributed by atoms with van der Waals surface area (Å²) < 4.78 is 13.1. The standard InChI is InChI=1S/C43H47N3O2/c1-28(2)34-22-15-23-35(29(3)4)40(34)45-42(47-32-18-11-9-12-19-32)38-26-17-27-39(44-38)43(48-33-20-13-10-14-21-33)46-41-36(30(5)6)24-16-25-37(41)31(7)8/h9-31H,1-8H3. The SMILES string of the molecule is CC(C)c1cccc(C(C)C)c1N=C(Oc1ccccc1)c1cccc(C(=Nc2c(C(C)C)cccc2C(C)C)Oc2ccccc2)n1. The van der Waals surface area contributed by atoms with Crippen molar-refractivity contribution in [2.75, 3.05) is 0 Å². The van der Waals surface area contributed by atoms with Gasteiger partial charge in [0.1, 0.15) is 22.9 Å². The number of benzene rings is 4. The Balaban J connectivity index is 1.73. The molecule has 0 N–H and O–H groups in total. The fourth-order valence-corrected chi connectivity index (χ4v) is 5.62. The number of rotatable bonds is 10. The first-order valence-corrected chi connectivity index (χ1v) is 17.0. The highest BCUT2D eigenvalue weighted by Crippen LogP contribution is 2.37. The molecule has 5 heteroatoms. The van der Waals surface area contributed by atoms with Gasteiger partial charge in [-0.15, -0.1) is 0 Å². The van der Waals surface area contributed by atoms with Gasteiger partial charge in [-0.25, -0.2) is 15.0 Å². The van der Waals surface area contributed by atoms with E-state index in [9.17, 15) is 0 Å². The second-order valence-electron chi connectivity index (χ2n) is 13.3. The number of hydrogen-bond acceptors (Lipinski definition) is 5. The van der Waals surface area contributed by atoms with E-state index in [1.54, 1.807) is 0 Å². The summed E-state index contributed by atoms with van der Waals surface area (Å²) in [6.45, 7) is 17.5. The van der Waals surface area contributed by atoms with Crippen molar-refractivity contribution in [2.45, 2.75) is 79.1 Å². The molecule has 0 amide bonds. The van der Waals surface area contributed by atoms with Crippen LogP contribution in [0.1, 0.15) is 113 Å². The Hall–Kier alpha value is -5.03. The molecule has 0 saturated heterocycles. The quantitative estimate of drug-likeness (QED) is 0.113. The van der Waals surface area contributed by atoms with Crippen LogP contribution in [0.5, 0.6) is 11.5 Å². The second kappa shape index (κ2) is 15.7. The molecule has 0 unspecified atom stereocenters. The molecule has 0 aliphatic heterocycles. The lowest BCUT2D eigenvalue weighted by Gasteiger charge is -2.19. The molecule has 5 nitrogen and oxygen atoms in total. The fraction of sp³-hybridized carbons (Fsp3) is 0.279. The average molecular weight is 638 g/mol. The maximum Gasteiger partial charge on any atom is 0.246 e. The molecule has 48 heavy (non-hydrogen) atoms. The van der Waals surface area contributed by atoms with E-state index in [1.165, 1.54) is 0 Å².